The molecule has 0 amide bonds. The van der Waals surface area contributed by atoms with Crippen LogP contribution in [0.25, 0.3) is 11.5 Å². The van der Waals surface area contributed by atoms with Crippen molar-refractivity contribution >= 4 is 27.6 Å². The highest BCUT2D eigenvalue weighted by molar-refractivity contribution is 7.99. The second-order valence-electron chi connectivity index (χ2n) is 5.49. The number of benzene rings is 1. The highest BCUT2D eigenvalue weighted by Gasteiger charge is 2.30. The Morgan fingerprint density at radius 3 is 2.88 bits per heavy atom. The van der Waals surface area contributed by atoms with Gasteiger partial charge in [-0.1, -0.05) is 30.0 Å². The number of rotatable bonds is 5. The minimum Gasteiger partial charge on any atom is -0.461 e. The van der Waals surface area contributed by atoms with Crippen molar-refractivity contribution in [3.63, 3.8) is 0 Å². The number of nitrogens with zero attached hydrogens (tertiary/aromatic N) is 2. The van der Waals surface area contributed by atoms with E-state index in [9.17, 15) is 13.2 Å². The topological polar surface area (TPSA) is 99.4 Å². The van der Waals surface area contributed by atoms with E-state index in [1.54, 1.807) is 0 Å². The van der Waals surface area contributed by atoms with Crippen molar-refractivity contribution in [1.82, 2.24) is 10.2 Å². The fourth-order valence-corrected chi connectivity index (χ4v) is 4.52. The van der Waals surface area contributed by atoms with Crippen LogP contribution in [0.3, 0.4) is 0 Å². The van der Waals surface area contributed by atoms with Crippen LogP contribution in [0.1, 0.15) is 12.0 Å². The van der Waals surface area contributed by atoms with Crippen molar-refractivity contribution < 1.29 is 22.4 Å². The second kappa shape index (κ2) is 6.94. The molecule has 2 heterocycles. The van der Waals surface area contributed by atoms with Crippen LogP contribution in [0, 0.1) is 6.92 Å². The maximum atomic E-state index is 11.8. The fraction of sp³-hybridized carbons (Fsp3) is 0.400. The molecule has 3 rings (SSSR count). The summed E-state index contributed by atoms with van der Waals surface area (Å²) in [6, 6.07) is 7.63. The van der Waals surface area contributed by atoms with E-state index in [2.05, 4.69) is 10.2 Å². The smallest absolute Gasteiger partial charge is 0.316 e. The van der Waals surface area contributed by atoms with Gasteiger partial charge in [0.15, 0.2) is 9.84 Å². The molecule has 1 aliphatic heterocycles. The van der Waals surface area contributed by atoms with Gasteiger partial charge in [-0.05, 0) is 25.0 Å². The minimum absolute atomic E-state index is 0.00798. The molecule has 7 nitrogen and oxygen atoms in total. The zero-order valence-electron chi connectivity index (χ0n) is 13.0. The van der Waals surface area contributed by atoms with E-state index in [0.717, 1.165) is 22.9 Å². The van der Waals surface area contributed by atoms with Gasteiger partial charge in [-0.25, -0.2) is 8.42 Å². The van der Waals surface area contributed by atoms with Crippen LogP contribution in [-0.2, 0) is 19.4 Å². The van der Waals surface area contributed by atoms with E-state index in [-0.39, 0.29) is 22.5 Å². The zero-order chi connectivity index (χ0) is 17.2. The molecule has 0 N–H and O–H groups in total. The quantitative estimate of drug-likeness (QED) is 0.582. The van der Waals surface area contributed by atoms with Gasteiger partial charge in [0.25, 0.3) is 5.22 Å². The molecule has 1 fully saturated rings. The van der Waals surface area contributed by atoms with E-state index < -0.39 is 21.9 Å². The van der Waals surface area contributed by atoms with Gasteiger partial charge < -0.3 is 9.15 Å². The van der Waals surface area contributed by atoms with Crippen LogP contribution >= 0.6 is 11.8 Å². The third kappa shape index (κ3) is 4.15. The summed E-state index contributed by atoms with van der Waals surface area (Å²) < 4.78 is 33.4. The summed E-state index contributed by atoms with van der Waals surface area (Å²) in [5.74, 6) is -0.127. The van der Waals surface area contributed by atoms with Crippen molar-refractivity contribution in [3.05, 3.63) is 29.8 Å². The molecule has 1 saturated heterocycles. The molecule has 0 saturated carbocycles. The maximum absolute atomic E-state index is 11.8. The monoisotopic (exact) mass is 368 g/mol. The Morgan fingerprint density at radius 2 is 2.17 bits per heavy atom. The van der Waals surface area contributed by atoms with Crippen LogP contribution in [0.5, 0.6) is 0 Å². The molecule has 1 aliphatic rings. The lowest BCUT2D eigenvalue weighted by Crippen LogP contribution is -2.20. The molecule has 2 aromatic rings. The van der Waals surface area contributed by atoms with E-state index in [0.29, 0.717) is 12.3 Å². The van der Waals surface area contributed by atoms with Crippen LogP contribution < -0.4 is 0 Å². The summed E-state index contributed by atoms with van der Waals surface area (Å²) in [5.41, 5.74) is 1.86. The number of esters is 1. The number of hydrogen-bond acceptors (Lipinski definition) is 8. The molecule has 128 valence electrons. The first-order valence-corrected chi connectivity index (χ1v) is 10.2. The number of carbonyl (C=O) groups is 1. The molecule has 0 spiro atoms. The van der Waals surface area contributed by atoms with Crippen molar-refractivity contribution in [3.8, 4) is 11.5 Å². The van der Waals surface area contributed by atoms with Crippen LogP contribution in [0.2, 0.25) is 0 Å². The van der Waals surface area contributed by atoms with Gasteiger partial charge in [-0.2, -0.15) is 0 Å². The second-order valence-corrected chi connectivity index (χ2v) is 8.65. The van der Waals surface area contributed by atoms with Gasteiger partial charge in [0.1, 0.15) is 11.9 Å². The van der Waals surface area contributed by atoms with E-state index in [1.165, 1.54) is 0 Å². The third-order valence-electron chi connectivity index (χ3n) is 3.58. The number of sulfone groups is 1. The summed E-state index contributed by atoms with van der Waals surface area (Å²) in [6.45, 7) is 1.94. The van der Waals surface area contributed by atoms with Crippen molar-refractivity contribution in [2.45, 2.75) is 24.7 Å². The highest BCUT2D eigenvalue weighted by atomic mass is 32.2. The number of carbonyl (C=O) groups excluding carboxylic acids is 1. The molecular weight excluding hydrogens is 352 g/mol. The lowest BCUT2D eigenvalue weighted by molar-refractivity contribution is -0.144. The number of aromatic nitrogens is 2. The fourth-order valence-electron chi connectivity index (χ4n) is 2.38. The van der Waals surface area contributed by atoms with Crippen LogP contribution in [-0.4, -0.2) is 47.9 Å². The lowest BCUT2D eigenvalue weighted by atomic mass is 10.1. The SMILES string of the molecule is Cc1ccccc1-c1nnc(SCC(=O)O[C@@H]2CCS(=O)(=O)C2)o1. The molecule has 1 atom stereocenters. The molecule has 24 heavy (non-hydrogen) atoms. The molecule has 0 unspecified atom stereocenters. The Kier molecular flexibility index (Phi) is 4.91. The van der Waals surface area contributed by atoms with Crippen molar-refractivity contribution in [1.29, 1.82) is 0 Å². The Hall–Kier alpha value is -1.87. The van der Waals surface area contributed by atoms with E-state index in [1.807, 2.05) is 31.2 Å². The average molecular weight is 368 g/mol. The highest BCUT2D eigenvalue weighted by Crippen LogP contribution is 2.25. The van der Waals surface area contributed by atoms with Crippen LogP contribution in [0.4, 0.5) is 0 Å². The Labute approximate surface area is 143 Å². The van der Waals surface area contributed by atoms with E-state index >= 15 is 0 Å². The van der Waals surface area contributed by atoms with Gasteiger partial charge in [-0.3, -0.25) is 4.79 Å². The third-order valence-corrected chi connectivity index (χ3v) is 6.11. The largest absolute Gasteiger partial charge is 0.461 e. The first-order chi connectivity index (χ1) is 11.4. The first kappa shape index (κ1) is 17.0. The van der Waals surface area contributed by atoms with Crippen molar-refractivity contribution in [2.75, 3.05) is 17.3 Å². The van der Waals surface area contributed by atoms with Gasteiger partial charge in [0.2, 0.25) is 5.89 Å². The Morgan fingerprint density at radius 1 is 1.38 bits per heavy atom. The van der Waals surface area contributed by atoms with Gasteiger partial charge in [-0.15, -0.1) is 10.2 Å². The average Bonchev–Trinajstić information content (AvgIpc) is 3.12. The normalized spacial score (nSPS) is 19.3. The van der Waals surface area contributed by atoms with Crippen molar-refractivity contribution in [2.24, 2.45) is 0 Å². The molecular formula is C15H16N2O5S2. The minimum atomic E-state index is -3.06. The molecule has 1 aromatic heterocycles. The standard InChI is InChI=1S/C15H16N2O5S2/c1-10-4-2-3-5-12(10)14-16-17-15(22-14)23-8-13(18)21-11-6-7-24(19,20)9-11/h2-5,11H,6-9H2,1H3/t11-/m1/s1. The molecule has 0 bridgehead atoms. The number of ether oxygens (including phenoxy) is 1. The van der Waals surface area contributed by atoms with Crippen LogP contribution in [0.15, 0.2) is 33.9 Å². The Bertz CT molecular complexity index is 847. The number of thioether (sulfide) groups is 1. The molecule has 0 radical (unpaired) electrons. The van der Waals surface area contributed by atoms with Gasteiger partial charge >= 0.3 is 5.97 Å². The molecule has 9 heteroatoms. The number of hydrogen-bond donors (Lipinski definition) is 0. The summed E-state index contributed by atoms with van der Waals surface area (Å²) in [7, 11) is -3.06. The maximum Gasteiger partial charge on any atom is 0.316 e. The lowest BCUT2D eigenvalue weighted by Gasteiger charge is -2.08. The summed E-state index contributed by atoms with van der Waals surface area (Å²) >= 11 is 1.07. The number of aryl methyl sites for hydroxylation is 1. The van der Waals surface area contributed by atoms with Gasteiger partial charge in [0.05, 0.1) is 11.5 Å². The summed E-state index contributed by atoms with van der Waals surface area (Å²) in [4.78, 5) is 11.8. The predicted octanol–water partition coefficient (Wildman–Crippen LogP) is 1.87. The summed E-state index contributed by atoms with van der Waals surface area (Å²) in [6.07, 6.45) is -0.190. The first-order valence-electron chi connectivity index (χ1n) is 7.35. The summed E-state index contributed by atoms with van der Waals surface area (Å²) in [5, 5.41) is 8.15. The molecule has 1 aromatic carbocycles. The van der Waals surface area contributed by atoms with Gasteiger partial charge in [0, 0.05) is 5.56 Å². The molecule has 0 aliphatic carbocycles. The van der Waals surface area contributed by atoms with E-state index in [4.69, 9.17) is 9.15 Å². The predicted molar refractivity (Wildman–Crippen MR) is 88.3 cm³/mol. The Balaban J connectivity index is 1.54. The zero-order valence-corrected chi connectivity index (χ0v) is 14.6.